The molecule has 0 aliphatic heterocycles. The van der Waals surface area contributed by atoms with Crippen LogP contribution in [0.1, 0.15) is 28.4 Å². The summed E-state index contributed by atoms with van der Waals surface area (Å²) in [5.74, 6) is -0.420. The van der Waals surface area contributed by atoms with E-state index in [1.165, 1.54) is 18.2 Å². The molecular formula is C15H11Cl3O3S. The molecule has 0 unspecified atom stereocenters. The van der Waals surface area contributed by atoms with Gasteiger partial charge in [-0.15, -0.1) is 0 Å². The summed E-state index contributed by atoms with van der Waals surface area (Å²) < 4.78 is 23.3. The molecule has 7 heteroatoms. The van der Waals surface area contributed by atoms with Gasteiger partial charge in [-0.1, -0.05) is 42.3 Å². The molecule has 0 spiro atoms. The van der Waals surface area contributed by atoms with E-state index in [4.69, 9.17) is 33.9 Å². The molecule has 0 fully saturated rings. The van der Waals surface area contributed by atoms with Crippen LogP contribution in [0.25, 0.3) is 0 Å². The summed E-state index contributed by atoms with van der Waals surface area (Å²) in [5, 5.41) is 0.604. The lowest BCUT2D eigenvalue weighted by Gasteiger charge is -2.09. The third-order valence-corrected chi connectivity index (χ3v) is 5.11. The lowest BCUT2D eigenvalue weighted by Crippen LogP contribution is -2.06. The zero-order valence-corrected chi connectivity index (χ0v) is 14.5. The van der Waals surface area contributed by atoms with Crippen molar-refractivity contribution in [3.05, 3.63) is 63.1 Å². The number of aryl methyl sites for hydroxylation is 1. The average molecular weight is 378 g/mol. The molecule has 2 aromatic rings. The van der Waals surface area contributed by atoms with Crippen molar-refractivity contribution in [1.29, 1.82) is 0 Å². The monoisotopic (exact) mass is 376 g/mol. The van der Waals surface area contributed by atoms with Gasteiger partial charge in [-0.2, -0.15) is 0 Å². The van der Waals surface area contributed by atoms with E-state index < -0.39 is 14.8 Å². The van der Waals surface area contributed by atoms with E-state index >= 15 is 0 Å². The van der Waals surface area contributed by atoms with Crippen LogP contribution in [0.15, 0.2) is 41.3 Å². The Labute approximate surface area is 143 Å². The minimum atomic E-state index is -3.94. The Morgan fingerprint density at radius 3 is 2.36 bits per heavy atom. The summed E-state index contributed by atoms with van der Waals surface area (Å²) in [4.78, 5) is 12.4. The van der Waals surface area contributed by atoms with Crippen LogP contribution in [0.4, 0.5) is 0 Å². The molecule has 0 N–H and O–H groups in total. The highest BCUT2D eigenvalue weighted by Crippen LogP contribution is 2.27. The molecule has 2 rings (SSSR count). The lowest BCUT2D eigenvalue weighted by molar-refractivity contribution is 0.103. The topological polar surface area (TPSA) is 51.2 Å². The van der Waals surface area contributed by atoms with Gasteiger partial charge < -0.3 is 0 Å². The molecule has 0 saturated carbocycles. The van der Waals surface area contributed by atoms with Gasteiger partial charge in [-0.05, 0) is 36.2 Å². The van der Waals surface area contributed by atoms with Crippen LogP contribution in [0, 0.1) is 0 Å². The van der Waals surface area contributed by atoms with E-state index in [2.05, 4.69) is 0 Å². The predicted molar refractivity (Wildman–Crippen MR) is 88.8 cm³/mol. The lowest BCUT2D eigenvalue weighted by atomic mass is 10.0. The second-order valence-corrected chi connectivity index (χ2v) is 7.95. The number of hydrogen-bond donors (Lipinski definition) is 0. The summed E-state index contributed by atoms with van der Waals surface area (Å²) in [6, 6.07) is 8.90. The number of carbonyl (C=O) groups is 1. The Kier molecular flexibility index (Phi) is 5.17. The SMILES string of the molecule is CCc1ccc(C(=O)c2cc(Cl)ccc2Cl)cc1S(=O)(=O)Cl. The molecule has 0 radical (unpaired) electrons. The summed E-state index contributed by atoms with van der Waals surface area (Å²) in [5.41, 5.74) is 0.931. The minimum Gasteiger partial charge on any atom is -0.289 e. The van der Waals surface area contributed by atoms with Gasteiger partial charge in [0, 0.05) is 26.8 Å². The first-order chi connectivity index (χ1) is 10.2. The Morgan fingerprint density at radius 1 is 1.09 bits per heavy atom. The molecule has 0 aliphatic carbocycles. The maximum absolute atomic E-state index is 12.5. The summed E-state index contributed by atoms with van der Waals surface area (Å²) in [7, 11) is 1.49. The van der Waals surface area contributed by atoms with Crippen LogP contribution >= 0.6 is 33.9 Å². The first-order valence-electron chi connectivity index (χ1n) is 6.31. The number of ketones is 1. The number of carbonyl (C=O) groups excluding carboxylic acids is 1. The molecule has 116 valence electrons. The third kappa shape index (κ3) is 3.63. The smallest absolute Gasteiger partial charge is 0.261 e. The molecule has 0 atom stereocenters. The van der Waals surface area contributed by atoms with Gasteiger partial charge in [0.1, 0.15) is 0 Å². The fourth-order valence-electron chi connectivity index (χ4n) is 2.04. The highest BCUT2D eigenvalue weighted by atomic mass is 35.7. The van der Waals surface area contributed by atoms with E-state index in [0.29, 0.717) is 17.0 Å². The molecule has 3 nitrogen and oxygen atoms in total. The zero-order chi connectivity index (χ0) is 16.5. The summed E-state index contributed by atoms with van der Waals surface area (Å²) >= 11 is 11.9. The van der Waals surface area contributed by atoms with E-state index in [0.717, 1.165) is 0 Å². The van der Waals surface area contributed by atoms with Gasteiger partial charge in [0.15, 0.2) is 5.78 Å². The predicted octanol–water partition coefficient (Wildman–Crippen LogP) is 4.71. The quantitative estimate of drug-likeness (QED) is 0.572. The number of rotatable bonds is 4. The van der Waals surface area contributed by atoms with Gasteiger partial charge in [-0.3, -0.25) is 4.79 Å². The van der Waals surface area contributed by atoms with Crippen molar-refractivity contribution < 1.29 is 13.2 Å². The van der Waals surface area contributed by atoms with Gasteiger partial charge in [-0.25, -0.2) is 8.42 Å². The zero-order valence-electron chi connectivity index (χ0n) is 11.4. The molecular weight excluding hydrogens is 367 g/mol. The van der Waals surface area contributed by atoms with Crippen molar-refractivity contribution in [2.75, 3.05) is 0 Å². The molecule has 0 aromatic heterocycles. The summed E-state index contributed by atoms with van der Waals surface area (Å²) in [6.07, 6.45) is 0.480. The van der Waals surface area contributed by atoms with Crippen molar-refractivity contribution in [1.82, 2.24) is 0 Å². The normalized spacial score (nSPS) is 11.5. The van der Waals surface area contributed by atoms with Gasteiger partial charge in [0.05, 0.1) is 9.92 Å². The third-order valence-electron chi connectivity index (χ3n) is 3.15. The van der Waals surface area contributed by atoms with Crippen LogP contribution in [0.3, 0.4) is 0 Å². The fourth-order valence-corrected chi connectivity index (χ4v) is 3.64. The average Bonchev–Trinajstić information content (AvgIpc) is 2.47. The first kappa shape index (κ1) is 17.3. The van der Waals surface area contributed by atoms with Crippen molar-refractivity contribution in [2.45, 2.75) is 18.2 Å². The molecule has 0 amide bonds. The Balaban J connectivity index is 2.58. The molecule has 2 aromatic carbocycles. The van der Waals surface area contributed by atoms with Gasteiger partial charge in [0.25, 0.3) is 9.05 Å². The molecule has 0 aliphatic rings. The maximum atomic E-state index is 12.5. The molecule has 22 heavy (non-hydrogen) atoms. The van der Waals surface area contributed by atoms with Crippen LogP contribution in [0.2, 0.25) is 10.0 Å². The van der Waals surface area contributed by atoms with E-state index in [9.17, 15) is 13.2 Å². The maximum Gasteiger partial charge on any atom is 0.261 e. The van der Waals surface area contributed by atoms with Crippen molar-refractivity contribution >= 4 is 48.7 Å². The minimum absolute atomic E-state index is 0.0688. The van der Waals surface area contributed by atoms with Crippen LogP contribution < -0.4 is 0 Å². The second kappa shape index (κ2) is 6.59. The molecule has 0 bridgehead atoms. The number of halogens is 3. The van der Waals surface area contributed by atoms with E-state index in [1.807, 2.05) is 0 Å². The summed E-state index contributed by atoms with van der Waals surface area (Å²) in [6.45, 7) is 1.80. The highest BCUT2D eigenvalue weighted by Gasteiger charge is 2.20. The van der Waals surface area contributed by atoms with Crippen molar-refractivity contribution in [2.24, 2.45) is 0 Å². The van der Waals surface area contributed by atoms with E-state index in [1.54, 1.807) is 25.1 Å². The molecule has 0 saturated heterocycles. The van der Waals surface area contributed by atoms with Crippen molar-refractivity contribution in [3.8, 4) is 0 Å². The van der Waals surface area contributed by atoms with Crippen LogP contribution in [-0.2, 0) is 15.5 Å². The standard InChI is InChI=1S/C15H11Cl3O3S/c1-2-9-3-4-10(7-14(9)22(18,20)21)15(19)12-8-11(16)5-6-13(12)17/h3-8H,2H2,1H3. The molecule has 0 heterocycles. The van der Waals surface area contributed by atoms with Gasteiger partial charge >= 0.3 is 0 Å². The van der Waals surface area contributed by atoms with Crippen molar-refractivity contribution in [3.63, 3.8) is 0 Å². The Hall–Kier alpha value is -1.07. The Morgan fingerprint density at radius 2 is 1.77 bits per heavy atom. The number of benzene rings is 2. The van der Waals surface area contributed by atoms with E-state index in [-0.39, 0.29) is 21.0 Å². The van der Waals surface area contributed by atoms with Crippen LogP contribution in [0.5, 0.6) is 0 Å². The first-order valence-corrected chi connectivity index (χ1v) is 9.38. The Bertz CT molecular complexity index is 845. The fraction of sp³-hybridized carbons (Fsp3) is 0.133. The number of hydrogen-bond acceptors (Lipinski definition) is 3. The largest absolute Gasteiger partial charge is 0.289 e. The van der Waals surface area contributed by atoms with Gasteiger partial charge in [0.2, 0.25) is 0 Å². The highest BCUT2D eigenvalue weighted by molar-refractivity contribution is 8.13. The van der Waals surface area contributed by atoms with Crippen LogP contribution in [-0.4, -0.2) is 14.2 Å². The second-order valence-electron chi connectivity index (χ2n) is 4.57.